The van der Waals surface area contributed by atoms with E-state index in [-0.39, 0.29) is 5.75 Å². The summed E-state index contributed by atoms with van der Waals surface area (Å²) in [6.07, 6.45) is 3.52. The monoisotopic (exact) mass is 177 g/mol. The third kappa shape index (κ3) is 2.76. The lowest BCUT2D eigenvalue weighted by Gasteiger charge is -2.10. The molecule has 1 nitrogen and oxygen atoms in total. The number of unbranched alkanes of at least 4 members (excludes halogenated alkanes) is 1. The fraction of sp³-hybridized carbons (Fsp3) is 0.500. The molecule has 0 N–H and O–H groups in total. The zero-order chi connectivity index (χ0) is 9.68. The Labute approximate surface area is 80.4 Å². The van der Waals surface area contributed by atoms with Gasteiger partial charge in [-0.25, -0.2) is 0 Å². The zero-order valence-electron chi connectivity index (χ0n) is 8.42. The first-order valence-electron chi connectivity index (χ1n) is 5.01. The summed E-state index contributed by atoms with van der Waals surface area (Å²) in [7, 11) is 0. The Bertz CT molecular complexity index is 255. The predicted octanol–water partition coefficient (Wildman–Crippen LogP) is 4.12. The molecule has 1 heteroatoms. The van der Waals surface area contributed by atoms with Gasteiger partial charge in [0.1, 0.15) is 0 Å². The van der Waals surface area contributed by atoms with Crippen molar-refractivity contribution < 1.29 is 5.11 Å². The van der Waals surface area contributed by atoms with Crippen LogP contribution in [0.2, 0.25) is 0 Å². The summed E-state index contributed by atoms with van der Waals surface area (Å²) in [5.41, 5.74) is 0.968. The van der Waals surface area contributed by atoms with Crippen LogP contribution in [0.3, 0.4) is 0 Å². The van der Waals surface area contributed by atoms with E-state index in [9.17, 15) is 5.11 Å². The van der Waals surface area contributed by atoms with Gasteiger partial charge in [0.2, 0.25) is 0 Å². The molecule has 1 radical (unpaired) electrons. The lowest BCUT2D eigenvalue weighted by Crippen LogP contribution is -1.93. The fourth-order valence-electron chi connectivity index (χ4n) is 1.55. The first kappa shape index (κ1) is 10.1. The number of hydrogen-bond donors (Lipinski definition) is 0. The minimum Gasteiger partial charge on any atom is -0.290 e. The number of hydrogen-bond acceptors (Lipinski definition) is 0. The SMILES string of the molecule is CCCCC(C)c1ccccc1[O]. The van der Waals surface area contributed by atoms with Crippen molar-refractivity contribution in [3.63, 3.8) is 0 Å². The molecule has 0 aliphatic heterocycles. The normalized spacial score (nSPS) is 12.8. The van der Waals surface area contributed by atoms with Crippen molar-refractivity contribution >= 4 is 0 Å². The quantitative estimate of drug-likeness (QED) is 0.659. The van der Waals surface area contributed by atoms with Crippen LogP contribution in [-0.4, -0.2) is 0 Å². The standard InChI is InChI=1S/C12H17O/c1-3-4-7-10(2)11-8-5-6-9-12(11)13/h5-6,8-10H,3-4,7H2,1-2H3. The molecule has 0 fully saturated rings. The van der Waals surface area contributed by atoms with Gasteiger partial charge in [0.05, 0.1) is 0 Å². The number of benzene rings is 1. The van der Waals surface area contributed by atoms with E-state index < -0.39 is 0 Å². The zero-order valence-corrected chi connectivity index (χ0v) is 8.42. The molecule has 1 unspecified atom stereocenters. The van der Waals surface area contributed by atoms with E-state index in [4.69, 9.17) is 0 Å². The molecule has 0 spiro atoms. The summed E-state index contributed by atoms with van der Waals surface area (Å²) >= 11 is 0. The minimum absolute atomic E-state index is 0.186. The molecule has 1 atom stereocenters. The van der Waals surface area contributed by atoms with Gasteiger partial charge in [0.25, 0.3) is 0 Å². The molecule has 0 saturated carbocycles. The Morgan fingerprint density at radius 2 is 2.00 bits per heavy atom. The van der Waals surface area contributed by atoms with Crippen molar-refractivity contribution in [2.24, 2.45) is 0 Å². The molecule has 0 aliphatic rings. The topological polar surface area (TPSA) is 19.9 Å². The average Bonchev–Trinajstić information content (AvgIpc) is 2.15. The van der Waals surface area contributed by atoms with Gasteiger partial charge in [-0.05, 0) is 18.4 Å². The highest BCUT2D eigenvalue weighted by atomic mass is 16.3. The lowest BCUT2D eigenvalue weighted by atomic mass is 9.95. The van der Waals surface area contributed by atoms with Crippen LogP contribution in [0.25, 0.3) is 0 Å². The molecule has 0 saturated heterocycles. The summed E-state index contributed by atoms with van der Waals surface area (Å²) in [6.45, 7) is 4.31. The second-order valence-electron chi connectivity index (χ2n) is 3.58. The van der Waals surface area contributed by atoms with Gasteiger partial charge in [-0.2, -0.15) is 0 Å². The Morgan fingerprint density at radius 3 is 2.62 bits per heavy atom. The van der Waals surface area contributed by atoms with E-state index in [1.807, 2.05) is 12.1 Å². The van der Waals surface area contributed by atoms with Crippen LogP contribution in [0.4, 0.5) is 0 Å². The molecule has 0 aromatic heterocycles. The third-order valence-electron chi connectivity index (χ3n) is 2.44. The molecular weight excluding hydrogens is 160 g/mol. The molecular formula is C12H17O. The molecule has 71 valence electrons. The highest BCUT2D eigenvalue weighted by Gasteiger charge is 2.09. The Morgan fingerprint density at radius 1 is 1.31 bits per heavy atom. The predicted molar refractivity (Wildman–Crippen MR) is 54.5 cm³/mol. The lowest BCUT2D eigenvalue weighted by molar-refractivity contribution is 0.346. The van der Waals surface area contributed by atoms with Crippen molar-refractivity contribution in [2.75, 3.05) is 0 Å². The van der Waals surface area contributed by atoms with Crippen molar-refractivity contribution in [3.8, 4) is 5.75 Å². The molecule has 1 rings (SSSR count). The second kappa shape index (κ2) is 4.90. The molecule has 13 heavy (non-hydrogen) atoms. The summed E-state index contributed by atoms with van der Waals surface area (Å²) < 4.78 is 0. The third-order valence-corrected chi connectivity index (χ3v) is 2.44. The van der Waals surface area contributed by atoms with Gasteiger partial charge in [-0.3, -0.25) is 5.11 Å². The van der Waals surface area contributed by atoms with E-state index in [1.54, 1.807) is 12.1 Å². The maximum absolute atomic E-state index is 11.4. The molecule has 1 aromatic carbocycles. The summed E-state index contributed by atoms with van der Waals surface area (Å²) in [5, 5.41) is 11.4. The first-order valence-corrected chi connectivity index (χ1v) is 5.01. The van der Waals surface area contributed by atoms with Crippen LogP contribution >= 0.6 is 0 Å². The van der Waals surface area contributed by atoms with E-state index in [0.717, 1.165) is 12.0 Å². The van der Waals surface area contributed by atoms with E-state index in [0.29, 0.717) is 5.92 Å². The maximum Gasteiger partial charge on any atom is 0.182 e. The highest BCUT2D eigenvalue weighted by molar-refractivity contribution is 5.34. The summed E-state index contributed by atoms with van der Waals surface area (Å²) in [4.78, 5) is 0. The van der Waals surface area contributed by atoms with Crippen molar-refractivity contribution in [1.82, 2.24) is 0 Å². The van der Waals surface area contributed by atoms with Crippen LogP contribution in [0.15, 0.2) is 24.3 Å². The smallest absolute Gasteiger partial charge is 0.182 e. The summed E-state index contributed by atoms with van der Waals surface area (Å²) in [5.74, 6) is 0.597. The second-order valence-corrected chi connectivity index (χ2v) is 3.58. The van der Waals surface area contributed by atoms with Crippen molar-refractivity contribution in [1.29, 1.82) is 0 Å². The van der Waals surface area contributed by atoms with E-state index in [2.05, 4.69) is 13.8 Å². The van der Waals surface area contributed by atoms with Gasteiger partial charge in [-0.1, -0.05) is 44.9 Å². The van der Waals surface area contributed by atoms with E-state index >= 15 is 0 Å². The summed E-state index contributed by atoms with van der Waals surface area (Å²) in [6, 6.07) is 7.35. The van der Waals surface area contributed by atoms with E-state index in [1.165, 1.54) is 12.8 Å². The van der Waals surface area contributed by atoms with Crippen LogP contribution in [0.1, 0.15) is 44.6 Å². The van der Waals surface area contributed by atoms with Crippen LogP contribution in [-0.2, 0) is 5.11 Å². The van der Waals surface area contributed by atoms with Crippen molar-refractivity contribution in [2.45, 2.75) is 39.0 Å². The minimum atomic E-state index is 0.186. The van der Waals surface area contributed by atoms with Crippen LogP contribution in [0.5, 0.6) is 5.75 Å². The van der Waals surface area contributed by atoms with Gasteiger partial charge >= 0.3 is 0 Å². The van der Waals surface area contributed by atoms with Gasteiger partial charge in [0, 0.05) is 5.56 Å². The van der Waals surface area contributed by atoms with Gasteiger partial charge in [0.15, 0.2) is 5.75 Å². The molecule has 0 heterocycles. The maximum atomic E-state index is 11.4. The molecule has 0 bridgehead atoms. The molecule has 1 aromatic rings. The Kier molecular flexibility index (Phi) is 3.81. The highest BCUT2D eigenvalue weighted by Crippen LogP contribution is 2.28. The van der Waals surface area contributed by atoms with Gasteiger partial charge < -0.3 is 0 Å². The fourth-order valence-corrected chi connectivity index (χ4v) is 1.55. The average molecular weight is 177 g/mol. The van der Waals surface area contributed by atoms with Crippen molar-refractivity contribution in [3.05, 3.63) is 29.8 Å². The molecule has 0 aliphatic carbocycles. The van der Waals surface area contributed by atoms with Crippen LogP contribution < -0.4 is 0 Å². The number of para-hydroxylation sites is 1. The Balaban J connectivity index is 2.65. The van der Waals surface area contributed by atoms with Gasteiger partial charge in [-0.15, -0.1) is 0 Å². The molecule has 0 amide bonds. The Hall–Kier alpha value is -0.980. The number of rotatable bonds is 4. The largest absolute Gasteiger partial charge is 0.290 e. The van der Waals surface area contributed by atoms with Crippen LogP contribution in [0, 0.1) is 0 Å². The first-order chi connectivity index (χ1) is 6.25.